The summed E-state index contributed by atoms with van der Waals surface area (Å²) in [4.78, 5) is 4.79. The maximum absolute atomic E-state index is 12.3. The first-order valence-corrected chi connectivity index (χ1v) is 8.97. The third kappa shape index (κ3) is 4.11. The molecule has 6 heteroatoms. The lowest BCUT2D eigenvalue weighted by Crippen LogP contribution is -2.16. The van der Waals surface area contributed by atoms with E-state index >= 15 is 0 Å². The van der Waals surface area contributed by atoms with E-state index < -0.39 is 6.36 Å². The zero-order valence-corrected chi connectivity index (χ0v) is 15.2. The minimum absolute atomic E-state index is 0.0945. The molecule has 3 nitrogen and oxygen atoms in total. The Morgan fingerprint density at radius 2 is 1.57 bits per heavy atom. The molecule has 4 rings (SSSR count). The molecule has 1 aliphatic heterocycles. The number of alkyl halides is 3. The molecule has 0 radical (unpaired) electrons. The van der Waals surface area contributed by atoms with Crippen molar-refractivity contribution < 1.29 is 22.3 Å². The van der Waals surface area contributed by atoms with E-state index in [0.29, 0.717) is 0 Å². The molecule has 0 saturated carbocycles. The fraction of sp³-hybridized carbons (Fsp3) is 0.227. The van der Waals surface area contributed by atoms with Gasteiger partial charge in [0.25, 0.3) is 0 Å². The first-order chi connectivity index (χ1) is 13.4. The van der Waals surface area contributed by atoms with Gasteiger partial charge in [-0.15, -0.1) is 13.2 Å². The summed E-state index contributed by atoms with van der Waals surface area (Å²) in [7, 11) is 0. The van der Waals surface area contributed by atoms with Crippen molar-refractivity contribution in [2.75, 3.05) is 0 Å². The third-order valence-corrected chi connectivity index (χ3v) is 4.71. The standard InChI is InChI=1S/C22H18F3NO2/c1-14-2-13-21(27-14)20-12-11-19(26-20)17-5-3-15(4-6-17)16-7-9-18(10-8-16)28-22(23,24)25/h2-10,13,19H,11-12H2,1H3. The summed E-state index contributed by atoms with van der Waals surface area (Å²) < 4.78 is 46.3. The van der Waals surface area contributed by atoms with Crippen LogP contribution in [-0.2, 0) is 0 Å². The van der Waals surface area contributed by atoms with Crippen LogP contribution in [0.5, 0.6) is 5.75 Å². The van der Waals surface area contributed by atoms with Gasteiger partial charge >= 0.3 is 6.36 Å². The second-order valence-electron chi connectivity index (χ2n) is 6.73. The van der Waals surface area contributed by atoms with E-state index in [1.165, 1.54) is 12.1 Å². The number of halogens is 3. The van der Waals surface area contributed by atoms with Crippen LogP contribution in [0, 0.1) is 6.92 Å². The third-order valence-electron chi connectivity index (χ3n) is 4.71. The molecule has 0 spiro atoms. The molecule has 28 heavy (non-hydrogen) atoms. The van der Waals surface area contributed by atoms with Crippen molar-refractivity contribution in [3.05, 3.63) is 77.7 Å². The van der Waals surface area contributed by atoms with Gasteiger partial charge in [0.05, 0.1) is 11.8 Å². The van der Waals surface area contributed by atoms with Crippen molar-refractivity contribution in [2.24, 2.45) is 4.99 Å². The van der Waals surface area contributed by atoms with Gasteiger partial charge in [0.1, 0.15) is 17.3 Å². The van der Waals surface area contributed by atoms with Crippen LogP contribution in [0.3, 0.4) is 0 Å². The van der Waals surface area contributed by atoms with E-state index in [0.717, 1.165) is 46.8 Å². The van der Waals surface area contributed by atoms with Gasteiger partial charge in [-0.3, -0.25) is 4.99 Å². The normalized spacial score (nSPS) is 16.9. The number of hydrogen-bond donors (Lipinski definition) is 0. The van der Waals surface area contributed by atoms with E-state index in [4.69, 9.17) is 9.41 Å². The molecule has 0 N–H and O–H groups in total. The van der Waals surface area contributed by atoms with Crippen molar-refractivity contribution in [3.8, 4) is 16.9 Å². The minimum atomic E-state index is -4.68. The zero-order valence-electron chi connectivity index (χ0n) is 15.2. The lowest BCUT2D eigenvalue weighted by molar-refractivity contribution is -0.274. The smallest absolute Gasteiger partial charge is 0.460 e. The average Bonchev–Trinajstić information content (AvgIpc) is 3.30. The van der Waals surface area contributed by atoms with Crippen LogP contribution in [0.1, 0.15) is 36.0 Å². The van der Waals surface area contributed by atoms with Crippen LogP contribution < -0.4 is 4.74 Å². The lowest BCUT2D eigenvalue weighted by Gasteiger charge is -2.10. The number of hydrogen-bond acceptors (Lipinski definition) is 3. The van der Waals surface area contributed by atoms with Crippen molar-refractivity contribution in [2.45, 2.75) is 32.2 Å². The number of ether oxygens (including phenoxy) is 1. The molecule has 1 unspecified atom stereocenters. The van der Waals surface area contributed by atoms with Crippen molar-refractivity contribution in [1.29, 1.82) is 0 Å². The van der Waals surface area contributed by atoms with Gasteiger partial charge in [-0.05, 0) is 60.7 Å². The molecule has 0 aliphatic carbocycles. The van der Waals surface area contributed by atoms with Gasteiger partial charge in [0.2, 0.25) is 0 Å². The Morgan fingerprint density at radius 1 is 0.929 bits per heavy atom. The first-order valence-electron chi connectivity index (χ1n) is 8.97. The van der Waals surface area contributed by atoms with Gasteiger partial charge in [-0.1, -0.05) is 36.4 Å². The fourth-order valence-corrected chi connectivity index (χ4v) is 3.36. The fourth-order valence-electron chi connectivity index (χ4n) is 3.36. The van der Waals surface area contributed by atoms with E-state index in [1.54, 1.807) is 12.1 Å². The number of benzene rings is 2. The molecule has 0 fully saturated rings. The number of aryl methyl sites for hydroxylation is 1. The Hall–Kier alpha value is -3.02. The van der Waals surface area contributed by atoms with Crippen LogP contribution >= 0.6 is 0 Å². The Morgan fingerprint density at radius 3 is 2.14 bits per heavy atom. The van der Waals surface area contributed by atoms with E-state index in [1.807, 2.05) is 43.3 Å². The largest absolute Gasteiger partial charge is 0.573 e. The highest BCUT2D eigenvalue weighted by atomic mass is 19.4. The number of nitrogens with zero attached hydrogens (tertiary/aromatic N) is 1. The molecule has 1 aromatic heterocycles. The topological polar surface area (TPSA) is 34.7 Å². The van der Waals surface area contributed by atoms with Crippen LogP contribution in [-0.4, -0.2) is 12.1 Å². The number of rotatable bonds is 4. The van der Waals surface area contributed by atoms with Crippen LogP contribution in [0.25, 0.3) is 11.1 Å². The number of aliphatic imine (C=N–C) groups is 1. The predicted molar refractivity (Wildman–Crippen MR) is 101 cm³/mol. The summed E-state index contributed by atoms with van der Waals surface area (Å²) in [6.07, 6.45) is -2.88. The van der Waals surface area contributed by atoms with E-state index in [2.05, 4.69) is 4.74 Å². The van der Waals surface area contributed by atoms with Crippen molar-refractivity contribution >= 4 is 5.71 Å². The Bertz CT molecular complexity index is 986. The highest BCUT2D eigenvalue weighted by molar-refractivity contribution is 5.99. The van der Waals surface area contributed by atoms with Gasteiger partial charge < -0.3 is 9.15 Å². The average molecular weight is 385 g/mol. The van der Waals surface area contributed by atoms with Crippen molar-refractivity contribution in [1.82, 2.24) is 0 Å². The predicted octanol–water partition coefficient (Wildman–Crippen LogP) is 6.48. The van der Waals surface area contributed by atoms with Crippen molar-refractivity contribution in [3.63, 3.8) is 0 Å². The molecule has 1 atom stereocenters. The molecular weight excluding hydrogens is 367 g/mol. The van der Waals surface area contributed by atoms with Crippen LogP contribution in [0.4, 0.5) is 13.2 Å². The summed E-state index contributed by atoms with van der Waals surface area (Å²) >= 11 is 0. The Labute approximate surface area is 160 Å². The molecular formula is C22H18F3NO2. The summed E-state index contributed by atoms with van der Waals surface area (Å²) in [5.41, 5.74) is 3.84. The Kier molecular flexibility index (Phi) is 4.71. The summed E-state index contributed by atoms with van der Waals surface area (Å²) in [6, 6.07) is 17.8. The van der Waals surface area contributed by atoms with Gasteiger partial charge in [0, 0.05) is 0 Å². The quantitative estimate of drug-likeness (QED) is 0.515. The summed E-state index contributed by atoms with van der Waals surface area (Å²) in [6.45, 7) is 1.91. The molecule has 0 amide bonds. The summed E-state index contributed by atoms with van der Waals surface area (Å²) in [5.74, 6) is 1.48. The van der Waals surface area contributed by atoms with Crippen LogP contribution in [0.2, 0.25) is 0 Å². The van der Waals surface area contributed by atoms with Gasteiger partial charge in [0.15, 0.2) is 0 Å². The molecule has 2 heterocycles. The highest BCUT2D eigenvalue weighted by Gasteiger charge is 2.31. The molecule has 1 aliphatic rings. The molecule has 144 valence electrons. The molecule has 2 aromatic carbocycles. The maximum Gasteiger partial charge on any atom is 0.573 e. The minimum Gasteiger partial charge on any atom is -0.460 e. The monoisotopic (exact) mass is 385 g/mol. The zero-order chi connectivity index (χ0) is 19.7. The lowest BCUT2D eigenvalue weighted by atomic mass is 9.99. The second kappa shape index (κ2) is 7.19. The van der Waals surface area contributed by atoms with Crippen LogP contribution in [0.15, 0.2) is 70.1 Å². The van der Waals surface area contributed by atoms with E-state index in [-0.39, 0.29) is 11.8 Å². The molecule has 0 saturated heterocycles. The molecule has 3 aromatic rings. The Balaban J connectivity index is 1.48. The highest BCUT2D eigenvalue weighted by Crippen LogP contribution is 2.33. The molecule has 0 bridgehead atoms. The second-order valence-corrected chi connectivity index (χ2v) is 6.73. The van der Waals surface area contributed by atoms with Gasteiger partial charge in [-0.2, -0.15) is 0 Å². The first kappa shape index (κ1) is 18.3. The van der Waals surface area contributed by atoms with E-state index in [9.17, 15) is 13.2 Å². The summed E-state index contributed by atoms with van der Waals surface area (Å²) in [5, 5.41) is 0. The number of furan rings is 1. The maximum atomic E-state index is 12.3. The van der Waals surface area contributed by atoms with Gasteiger partial charge in [-0.25, -0.2) is 0 Å². The SMILES string of the molecule is Cc1ccc(C2=NC(c3ccc(-c4ccc(OC(F)(F)F)cc4)cc3)CC2)o1.